The lowest BCUT2D eigenvalue weighted by Gasteiger charge is -2.11. The Hall–Kier alpha value is -2.93. The summed E-state index contributed by atoms with van der Waals surface area (Å²) in [5, 5.41) is 12.2. The number of phenolic OH excluding ortho intramolecular Hbond substituents is 1. The zero-order chi connectivity index (χ0) is 28.5. The number of hydrazine groups is 1. The van der Waals surface area contributed by atoms with E-state index < -0.39 is 0 Å². The van der Waals surface area contributed by atoms with E-state index in [1.54, 1.807) is 24.3 Å². The molecule has 0 fully saturated rings. The number of hydrogen-bond acceptors (Lipinski definition) is 5. The molecule has 2 aromatic rings. The summed E-state index contributed by atoms with van der Waals surface area (Å²) in [7, 11) is 0. The molecule has 2 amide bonds. The quantitative estimate of drug-likeness (QED) is 0.0769. The molecule has 40 heavy (non-hydrogen) atoms. The van der Waals surface area contributed by atoms with Crippen molar-refractivity contribution in [3.8, 4) is 23.0 Å². The Morgan fingerprint density at radius 1 is 0.625 bits per heavy atom. The number of hydrogen-bond donors (Lipinski definition) is 4. The molecule has 224 valence electrons. The summed E-state index contributed by atoms with van der Waals surface area (Å²) < 4.78 is 11.4. The first-order chi connectivity index (χ1) is 19.7. The first kappa shape index (κ1) is 33.3. The van der Waals surface area contributed by atoms with Crippen LogP contribution >= 0.6 is 0 Å². The number of unbranched alkanes of at least 4 members (excludes halogenated alkanes) is 15. The van der Waals surface area contributed by atoms with Gasteiger partial charge in [-0.3, -0.25) is 5.43 Å². The third-order valence-corrected chi connectivity index (χ3v) is 6.91. The van der Waals surface area contributed by atoms with Crippen LogP contribution in [-0.2, 0) is 0 Å². The average Bonchev–Trinajstić information content (AvgIpc) is 2.96. The van der Waals surface area contributed by atoms with Gasteiger partial charge in [0.15, 0.2) is 0 Å². The lowest BCUT2D eigenvalue weighted by atomic mass is 10.0. The summed E-state index contributed by atoms with van der Waals surface area (Å²) in [5.74, 6) is 2.24. The molecular weight excluding hydrogens is 502 g/mol. The summed E-state index contributed by atoms with van der Waals surface area (Å²) in [6, 6.07) is 13.6. The number of ether oxygens (including phenoxy) is 2. The van der Waals surface area contributed by atoms with E-state index in [-0.39, 0.29) is 11.8 Å². The maximum Gasteiger partial charge on any atom is 0.329 e. The number of amides is 2. The number of aromatic hydroxyl groups is 1. The maximum atomic E-state index is 11.9. The fraction of sp³-hybridized carbons (Fsp3) is 0.606. The Balaban J connectivity index is 1.32. The lowest BCUT2D eigenvalue weighted by molar-refractivity contribution is 0.233. The van der Waals surface area contributed by atoms with Crippen LogP contribution in [0.2, 0.25) is 0 Å². The number of benzene rings is 2. The molecule has 0 bridgehead atoms. The van der Waals surface area contributed by atoms with E-state index in [1.807, 2.05) is 24.3 Å². The largest absolute Gasteiger partial charge is 0.508 e. The number of carbonyl (C=O) groups excluding carboxylic acids is 1. The zero-order valence-corrected chi connectivity index (χ0v) is 24.7. The standard InChI is InChI=1S/C33H53N3O4/c1-2-3-4-5-6-7-8-9-10-11-12-13-14-15-16-17-26-34-33(38)36-35-27-28-39-30-22-24-32(25-23-30)40-31-20-18-29(37)19-21-31/h18-25,35,37H,2-17,26-28H2,1H3,(H2,34,36,38). The Morgan fingerprint density at radius 3 is 1.60 bits per heavy atom. The number of rotatable bonds is 24. The van der Waals surface area contributed by atoms with Crippen LogP contribution < -0.4 is 25.6 Å². The van der Waals surface area contributed by atoms with Gasteiger partial charge < -0.3 is 19.9 Å². The van der Waals surface area contributed by atoms with E-state index in [9.17, 15) is 9.90 Å². The molecule has 7 heteroatoms. The highest BCUT2D eigenvalue weighted by molar-refractivity contribution is 5.73. The molecule has 0 heterocycles. The number of carbonyl (C=O) groups is 1. The van der Waals surface area contributed by atoms with E-state index in [4.69, 9.17) is 9.47 Å². The van der Waals surface area contributed by atoms with E-state index >= 15 is 0 Å². The van der Waals surface area contributed by atoms with Crippen LogP contribution in [0.1, 0.15) is 110 Å². The molecule has 0 aliphatic carbocycles. The van der Waals surface area contributed by atoms with Crippen LogP contribution in [0.15, 0.2) is 48.5 Å². The highest BCUT2D eigenvalue weighted by Gasteiger charge is 2.01. The van der Waals surface area contributed by atoms with Crippen molar-refractivity contribution in [2.24, 2.45) is 0 Å². The van der Waals surface area contributed by atoms with Crippen LogP contribution in [0.25, 0.3) is 0 Å². The normalized spacial score (nSPS) is 10.8. The van der Waals surface area contributed by atoms with E-state index in [2.05, 4.69) is 23.1 Å². The first-order valence-electron chi connectivity index (χ1n) is 15.6. The van der Waals surface area contributed by atoms with Gasteiger partial charge in [0.1, 0.15) is 29.6 Å². The van der Waals surface area contributed by atoms with Crippen molar-refractivity contribution in [2.75, 3.05) is 19.7 Å². The highest BCUT2D eigenvalue weighted by atomic mass is 16.5. The fourth-order valence-corrected chi connectivity index (χ4v) is 4.54. The third-order valence-electron chi connectivity index (χ3n) is 6.91. The van der Waals surface area contributed by atoms with Gasteiger partial charge in [-0.2, -0.15) is 0 Å². The minimum absolute atomic E-state index is 0.201. The molecule has 0 saturated heterocycles. The topological polar surface area (TPSA) is 91.9 Å². The molecule has 0 radical (unpaired) electrons. The van der Waals surface area contributed by atoms with E-state index in [1.165, 1.54) is 96.3 Å². The molecular formula is C33H53N3O4. The van der Waals surface area contributed by atoms with Crippen LogP contribution in [0.4, 0.5) is 4.79 Å². The van der Waals surface area contributed by atoms with Gasteiger partial charge in [0.05, 0.1) is 0 Å². The minimum atomic E-state index is -0.211. The van der Waals surface area contributed by atoms with Crippen LogP contribution in [0, 0.1) is 0 Å². The van der Waals surface area contributed by atoms with Gasteiger partial charge in [0.2, 0.25) is 0 Å². The van der Waals surface area contributed by atoms with Gasteiger partial charge in [0, 0.05) is 13.1 Å². The molecule has 0 aliphatic rings. The SMILES string of the molecule is CCCCCCCCCCCCCCCCCCNC(=O)NNCCOc1ccc(Oc2ccc(O)cc2)cc1. The van der Waals surface area contributed by atoms with Crippen molar-refractivity contribution in [2.45, 2.75) is 110 Å². The van der Waals surface area contributed by atoms with Crippen molar-refractivity contribution < 1.29 is 19.4 Å². The van der Waals surface area contributed by atoms with Crippen molar-refractivity contribution in [1.29, 1.82) is 0 Å². The molecule has 0 aromatic heterocycles. The molecule has 0 atom stereocenters. The van der Waals surface area contributed by atoms with E-state index in [0.29, 0.717) is 36.9 Å². The Labute approximate surface area is 242 Å². The first-order valence-corrected chi connectivity index (χ1v) is 15.6. The second-order valence-electron chi connectivity index (χ2n) is 10.5. The van der Waals surface area contributed by atoms with Crippen molar-refractivity contribution in [3.63, 3.8) is 0 Å². The minimum Gasteiger partial charge on any atom is -0.508 e. The monoisotopic (exact) mass is 555 g/mol. The predicted molar refractivity (Wildman–Crippen MR) is 164 cm³/mol. The van der Waals surface area contributed by atoms with E-state index in [0.717, 1.165) is 6.42 Å². The molecule has 0 aliphatic heterocycles. The summed E-state index contributed by atoms with van der Waals surface area (Å²) >= 11 is 0. The van der Waals surface area contributed by atoms with Gasteiger partial charge in [-0.05, 0) is 55.0 Å². The fourth-order valence-electron chi connectivity index (χ4n) is 4.54. The molecule has 2 rings (SSSR count). The number of phenols is 1. The van der Waals surface area contributed by atoms with Gasteiger partial charge >= 0.3 is 6.03 Å². The van der Waals surface area contributed by atoms with Gasteiger partial charge in [-0.15, -0.1) is 0 Å². The second-order valence-corrected chi connectivity index (χ2v) is 10.5. The number of nitrogens with one attached hydrogen (secondary N) is 3. The molecule has 7 nitrogen and oxygen atoms in total. The summed E-state index contributed by atoms with van der Waals surface area (Å²) in [6.07, 6.45) is 21.5. The highest BCUT2D eigenvalue weighted by Crippen LogP contribution is 2.25. The van der Waals surface area contributed by atoms with Crippen LogP contribution in [-0.4, -0.2) is 30.8 Å². The zero-order valence-electron chi connectivity index (χ0n) is 24.7. The van der Waals surface area contributed by atoms with Crippen molar-refractivity contribution >= 4 is 6.03 Å². The summed E-state index contributed by atoms with van der Waals surface area (Å²) in [6.45, 7) is 3.87. The number of urea groups is 1. The second kappa shape index (κ2) is 22.8. The molecule has 4 N–H and O–H groups in total. The molecule has 0 spiro atoms. The Bertz CT molecular complexity index is 874. The third kappa shape index (κ3) is 17.6. The predicted octanol–water partition coefficient (Wildman–Crippen LogP) is 8.63. The maximum absolute atomic E-state index is 11.9. The molecule has 0 saturated carbocycles. The Kier molecular flexibility index (Phi) is 19.0. The summed E-state index contributed by atoms with van der Waals surface area (Å²) in [4.78, 5) is 11.9. The molecule has 2 aromatic carbocycles. The van der Waals surface area contributed by atoms with Crippen LogP contribution in [0.3, 0.4) is 0 Å². The van der Waals surface area contributed by atoms with Crippen molar-refractivity contribution in [1.82, 2.24) is 16.2 Å². The van der Waals surface area contributed by atoms with Crippen molar-refractivity contribution in [3.05, 3.63) is 48.5 Å². The Morgan fingerprint density at radius 2 is 1.07 bits per heavy atom. The van der Waals surface area contributed by atoms with Gasteiger partial charge in [-0.1, -0.05) is 103 Å². The summed E-state index contributed by atoms with van der Waals surface area (Å²) in [5.41, 5.74) is 5.52. The van der Waals surface area contributed by atoms with Gasteiger partial charge in [0.25, 0.3) is 0 Å². The molecule has 0 unspecified atom stereocenters. The van der Waals surface area contributed by atoms with Gasteiger partial charge in [-0.25, -0.2) is 10.2 Å². The lowest BCUT2D eigenvalue weighted by Crippen LogP contribution is -2.45. The smallest absolute Gasteiger partial charge is 0.329 e. The van der Waals surface area contributed by atoms with Crippen LogP contribution in [0.5, 0.6) is 23.0 Å². The average molecular weight is 556 g/mol.